The molecule has 0 heterocycles. The quantitative estimate of drug-likeness (QED) is 0.525. The van der Waals surface area contributed by atoms with Gasteiger partial charge in [-0.2, -0.15) is 13.2 Å². The first-order chi connectivity index (χ1) is 7.19. The number of carbonyl (C=O) groups excluding carboxylic acids is 1. The van der Waals surface area contributed by atoms with Crippen molar-refractivity contribution in [3.8, 4) is 0 Å². The van der Waals surface area contributed by atoms with Crippen LogP contribution in [0.3, 0.4) is 0 Å². The molecular weight excluding hydrogens is 229 g/mol. The fraction of sp³-hybridized carbons (Fsp3) is 0.889. The summed E-state index contributed by atoms with van der Waals surface area (Å²) in [6.45, 7) is 3.10. The highest BCUT2D eigenvalue weighted by Crippen LogP contribution is 2.21. The van der Waals surface area contributed by atoms with Crippen LogP contribution in [0.4, 0.5) is 13.2 Å². The Morgan fingerprint density at radius 2 is 1.75 bits per heavy atom. The summed E-state index contributed by atoms with van der Waals surface area (Å²) < 4.78 is 49.6. The van der Waals surface area contributed by atoms with E-state index in [1.807, 2.05) is 0 Å². The lowest BCUT2D eigenvalue weighted by atomic mass is 10.1. The summed E-state index contributed by atoms with van der Waals surface area (Å²) in [5, 5.41) is 0. The van der Waals surface area contributed by atoms with Crippen LogP contribution in [0.15, 0.2) is 0 Å². The van der Waals surface area contributed by atoms with E-state index in [4.69, 9.17) is 4.74 Å². The molecule has 0 aliphatic rings. The second-order valence-corrected chi connectivity index (χ2v) is 3.69. The van der Waals surface area contributed by atoms with Gasteiger partial charge in [-0.05, 0) is 13.8 Å². The van der Waals surface area contributed by atoms with Crippen molar-refractivity contribution in [3.05, 3.63) is 0 Å². The molecule has 0 saturated carbocycles. The molecule has 0 N–H and O–H groups in total. The highest BCUT2D eigenvalue weighted by Gasteiger charge is 2.43. The molecule has 0 saturated heterocycles. The van der Waals surface area contributed by atoms with Gasteiger partial charge in [0, 0.05) is 7.11 Å². The Kier molecular flexibility index (Phi) is 5.74. The van der Waals surface area contributed by atoms with Crippen molar-refractivity contribution in [1.29, 1.82) is 0 Å². The molecule has 0 unspecified atom stereocenters. The minimum absolute atomic E-state index is 0.127. The van der Waals surface area contributed by atoms with Gasteiger partial charge in [0.25, 0.3) is 0 Å². The molecule has 0 fully saturated rings. The van der Waals surface area contributed by atoms with E-state index in [0.717, 1.165) is 0 Å². The molecule has 0 aromatic carbocycles. The molecule has 0 aliphatic heterocycles. The Morgan fingerprint density at radius 1 is 1.19 bits per heavy atom. The Labute approximate surface area is 91.7 Å². The summed E-state index contributed by atoms with van der Waals surface area (Å²) in [4.78, 5) is 10.5. The van der Waals surface area contributed by atoms with Crippen molar-refractivity contribution in [2.75, 3.05) is 26.9 Å². The molecule has 96 valence electrons. The average molecular weight is 244 g/mol. The first kappa shape index (κ1) is 15.2. The van der Waals surface area contributed by atoms with E-state index >= 15 is 0 Å². The first-order valence-electron chi connectivity index (χ1n) is 4.56. The van der Waals surface area contributed by atoms with Crippen LogP contribution in [-0.4, -0.2) is 44.7 Å². The van der Waals surface area contributed by atoms with E-state index in [-0.39, 0.29) is 13.2 Å². The van der Waals surface area contributed by atoms with Gasteiger partial charge in [-0.15, -0.1) is 0 Å². The zero-order chi connectivity index (χ0) is 12.8. The van der Waals surface area contributed by atoms with Crippen LogP contribution in [-0.2, 0) is 19.0 Å². The lowest BCUT2D eigenvalue weighted by Crippen LogP contribution is -2.39. The minimum atomic E-state index is -4.98. The summed E-state index contributed by atoms with van der Waals surface area (Å²) in [7, 11) is 1.47. The maximum absolute atomic E-state index is 11.9. The van der Waals surface area contributed by atoms with Gasteiger partial charge in [0.1, 0.15) is 5.60 Å². The monoisotopic (exact) mass is 244 g/mol. The standard InChI is InChI=1S/C9H15F3O4/c1-8(2,6-15-5-4-14-3)16-7(13)9(10,11)12/h4-6H2,1-3H3. The summed E-state index contributed by atoms with van der Waals surface area (Å²) in [5.41, 5.74) is -1.32. The minimum Gasteiger partial charge on any atom is -0.451 e. The molecule has 0 spiro atoms. The molecule has 16 heavy (non-hydrogen) atoms. The van der Waals surface area contributed by atoms with E-state index in [0.29, 0.717) is 6.61 Å². The highest BCUT2D eigenvalue weighted by atomic mass is 19.4. The third kappa shape index (κ3) is 6.62. The number of halogens is 3. The second-order valence-electron chi connectivity index (χ2n) is 3.69. The van der Waals surface area contributed by atoms with Gasteiger partial charge in [-0.1, -0.05) is 0 Å². The van der Waals surface area contributed by atoms with Crippen molar-refractivity contribution < 1.29 is 32.2 Å². The number of methoxy groups -OCH3 is 1. The summed E-state index contributed by atoms with van der Waals surface area (Å²) in [6.07, 6.45) is -4.98. The molecule has 0 atom stereocenters. The molecule has 0 radical (unpaired) electrons. The van der Waals surface area contributed by atoms with Crippen molar-refractivity contribution in [2.24, 2.45) is 0 Å². The Hall–Kier alpha value is -0.820. The van der Waals surface area contributed by atoms with Gasteiger partial charge in [0.15, 0.2) is 0 Å². The van der Waals surface area contributed by atoms with Crippen LogP contribution in [0.1, 0.15) is 13.8 Å². The molecule has 4 nitrogen and oxygen atoms in total. The largest absolute Gasteiger partial charge is 0.490 e. The molecule has 0 rings (SSSR count). The summed E-state index contributed by atoms with van der Waals surface area (Å²) in [6, 6.07) is 0. The van der Waals surface area contributed by atoms with Crippen molar-refractivity contribution >= 4 is 5.97 Å². The van der Waals surface area contributed by atoms with Crippen LogP contribution in [0.5, 0.6) is 0 Å². The van der Waals surface area contributed by atoms with Crippen LogP contribution in [0.25, 0.3) is 0 Å². The van der Waals surface area contributed by atoms with E-state index in [1.165, 1.54) is 21.0 Å². The zero-order valence-electron chi connectivity index (χ0n) is 9.39. The Bertz CT molecular complexity index is 225. The fourth-order valence-corrected chi connectivity index (χ4v) is 0.798. The van der Waals surface area contributed by atoms with E-state index in [9.17, 15) is 18.0 Å². The van der Waals surface area contributed by atoms with Gasteiger partial charge in [-0.3, -0.25) is 0 Å². The van der Waals surface area contributed by atoms with Gasteiger partial charge < -0.3 is 14.2 Å². The van der Waals surface area contributed by atoms with E-state index in [2.05, 4.69) is 9.47 Å². The number of rotatable bonds is 6. The van der Waals surface area contributed by atoms with Crippen molar-refractivity contribution in [1.82, 2.24) is 0 Å². The smallest absolute Gasteiger partial charge is 0.451 e. The van der Waals surface area contributed by atoms with Crippen molar-refractivity contribution in [2.45, 2.75) is 25.6 Å². The Morgan fingerprint density at radius 3 is 2.19 bits per heavy atom. The molecule has 7 heteroatoms. The fourth-order valence-electron chi connectivity index (χ4n) is 0.798. The highest BCUT2D eigenvalue weighted by molar-refractivity contribution is 5.76. The number of alkyl halides is 3. The average Bonchev–Trinajstić information content (AvgIpc) is 2.10. The van der Waals surface area contributed by atoms with Crippen molar-refractivity contribution in [3.63, 3.8) is 0 Å². The molecule has 0 aliphatic carbocycles. The van der Waals surface area contributed by atoms with E-state index < -0.39 is 17.7 Å². The third-order valence-electron chi connectivity index (χ3n) is 1.48. The van der Waals surface area contributed by atoms with Crippen LogP contribution in [0.2, 0.25) is 0 Å². The number of hydrogen-bond donors (Lipinski definition) is 0. The van der Waals surface area contributed by atoms with E-state index in [1.54, 1.807) is 0 Å². The van der Waals surface area contributed by atoms with Gasteiger partial charge >= 0.3 is 12.1 Å². The van der Waals surface area contributed by atoms with Crippen LogP contribution >= 0.6 is 0 Å². The first-order valence-corrected chi connectivity index (χ1v) is 4.56. The third-order valence-corrected chi connectivity index (χ3v) is 1.48. The molecule has 0 aromatic rings. The molecule has 0 amide bonds. The van der Waals surface area contributed by atoms with Crippen LogP contribution in [0, 0.1) is 0 Å². The Balaban J connectivity index is 4.00. The zero-order valence-corrected chi connectivity index (χ0v) is 9.39. The second kappa shape index (κ2) is 6.05. The molecule has 0 aromatic heterocycles. The maximum Gasteiger partial charge on any atom is 0.490 e. The van der Waals surface area contributed by atoms with Gasteiger partial charge in [0.05, 0.1) is 19.8 Å². The lowest BCUT2D eigenvalue weighted by molar-refractivity contribution is -0.215. The number of hydrogen-bond acceptors (Lipinski definition) is 4. The predicted octanol–water partition coefficient (Wildman–Crippen LogP) is 1.53. The normalized spacial score (nSPS) is 12.6. The van der Waals surface area contributed by atoms with Gasteiger partial charge in [0.2, 0.25) is 0 Å². The molecular formula is C9H15F3O4. The lowest BCUT2D eigenvalue weighted by Gasteiger charge is -2.25. The maximum atomic E-state index is 11.9. The van der Waals surface area contributed by atoms with Crippen LogP contribution < -0.4 is 0 Å². The summed E-state index contributed by atoms with van der Waals surface area (Å²) in [5.74, 6) is -2.21. The van der Waals surface area contributed by atoms with Gasteiger partial charge in [-0.25, -0.2) is 4.79 Å². The number of ether oxygens (including phenoxy) is 3. The number of esters is 1. The number of carbonyl (C=O) groups is 1. The topological polar surface area (TPSA) is 44.8 Å². The summed E-state index contributed by atoms with van der Waals surface area (Å²) >= 11 is 0. The SMILES string of the molecule is COCCOCC(C)(C)OC(=O)C(F)(F)F. The predicted molar refractivity (Wildman–Crippen MR) is 48.9 cm³/mol. The molecule has 0 bridgehead atoms.